The number of likely N-dealkylation sites (tertiary alicyclic amines) is 1. The van der Waals surface area contributed by atoms with Crippen LogP contribution in [0.3, 0.4) is 0 Å². The van der Waals surface area contributed by atoms with Crippen molar-refractivity contribution >= 4 is 6.03 Å². The molecule has 0 aliphatic carbocycles. The molecule has 134 valence electrons. The van der Waals surface area contributed by atoms with Crippen molar-refractivity contribution in [2.45, 2.75) is 32.4 Å². The Labute approximate surface area is 148 Å². The monoisotopic (exact) mass is 343 g/mol. The molecule has 1 aliphatic heterocycles. The zero-order valence-electron chi connectivity index (χ0n) is 14.9. The molecule has 1 aromatic carbocycles. The van der Waals surface area contributed by atoms with Gasteiger partial charge in [0.15, 0.2) is 0 Å². The molecule has 2 heterocycles. The second-order valence-electron chi connectivity index (χ2n) is 6.60. The number of hydrogen-bond donors (Lipinski definition) is 1. The first kappa shape index (κ1) is 17.4. The molecule has 3 unspecified atom stereocenters. The van der Waals surface area contributed by atoms with E-state index in [2.05, 4.69) is 22.6 Å². The Kier molecular flexibility index (Phi) is 5.33. The number of nitrogens with one attached hydrogen (secondary N) is 1. The highest BCUT2D eigenvalue weighted by molar-refractivity contribution is 5.74. The Balaban J connectivity index is 1.60. The molecule has 25 heavy (non-hydrogen) atoms. The number of amides is 2. The van der Waals surface area contributed by atoms with Crippen LogP contribution in [0.4, 0.5) is 4.79 Å². The van der Waals surface area contributed by atoms with E-state index in [4.69, 9.17) is 4.74 Å². The van der Waals surface area contributed by atoms with Gasteiger partial charge in [-0.25, -0.2) is 9.48 Å². The molecule has 2 amide bonds. The van der Waals surface area contributed by atoms with Crippen LogP contribution in [0.15, 0.2) is 36.7 Å². The van der Waals surface area contributed by atoms with E-state index in [0.29, 0.717) is 12.5 Å². The molecule has 3 rings (SSSR count). The SMILES string of the molecule is COC1CN(C(=O)NC(C)c2ccc(-n3ccnn3)cc2)CCC1C. The second kappa shape index (κ2) is 7.65. The summed E-state index contributed by atoms with van der Waals surface area (Å²) in [5.41, 5.74) is 1.98. The van der Waals surface area contributed by atoms with Crippen molar-refractivity contribution in [3.8, 4) is 5.69 Å². The maximum atomic E-state index is 12.5. The molecule has 2 aromatic rings. The summed E-state index contributed by atoms with van der Waals surface area (Å²) in [7, 11) is 1.71. The molecule has 7 nitrogen and oxygen atoms in total. The van der Waals surface area contributed by atoms with Crippen LogP contribution in [-0.4, -0.2) is 52.2 Å². The highest BCUT2D eigenvalue weighted by Crippen LogP contribution is 2.21. The number of urea groups is 1. The minimum atomic E-state index is -0.0716. The Morgan fingerprint density at radius 3 is 2.76 bits per heavy atom. The molecule has 3 atom stereocenters. The summed E-state index contributed by atoms with van der Waals surface area (Å²) in [6.07, 6.45) is 4.51. The Bertz CT molecular complexity index is 686. The van der Waals surface area contributed by atoms with Gasteiger partial charge in [-0.1, -0.05) is 24.3 Å². The van der Waals surface area contributed by atoms with E-state index in [1.807, 2.05) is 36.1 Å². The molecule has 1 N–H and O–H groups in total. The molecule has 1 saturated heterocycles. The fraction of sp³-hybridized carbons (Fsp3) is 0.500. The zero-order valence-corrected chi connectivity index (χ0v) is 14.9. The fourth-order valence-corrected chi connectivity index (χ4v) is 3.15. The predicted molar refractivity (Wildman–Crippen MR) is 94.5 cm³/mol. The van der Waals surface area contributed by atoms with Gasteiger partial charge in [0.1, 0.15) is 0 Å². The van der Waals surface area contributed by atoms with Gasteiger partial charge in [0.25, 0.3) is 0 Å². The van der Waals surface area contributed by atoms with Crippen molar-refractivity contribution in [3.63, 3.8) is 0 Å². The van der Waals surface area contributed by atoms with Gasteiger partial charge in [0, 0.05) is 20.2 Å². The van der Waals surface area contributed by atoms with Gasteiger partial charge in [-0.15, -0.1) is 5.10 Å². The van der Waals surface area contributed by atoms with Gasteiger partial charge < -0.3 is 15.0 Å². The van der Waals surface area contributed by atoms with E-state index < -0.39 is 0 Å². The summed E-state index contributed by atoms with van der Waals surface area (Å²) in [4.78, 5) is 14.4. The summed E-state index contributed by atoms with van der Waals surface area (Å²) in [5.74, 6) is 0.482. The van der Waals surface area contributed by atoms with Crippen LogP contribution in [0.25, 0.3) is 5.69 Å². The van der Waals surface area contributed by atoms with Crippen molar-refractivity contribution in [1.82, 2.24) is 25.2 Å². The normalized spacial score (nSPS) is 21.8. The van der Waals surface area contributed by atoms with Gasteiger partial charge in [-0.2, -0.15) is 0 Å². The summed E-state index contributed by atoms with van der Waals surface area (Å²) >= 11 is 0. The third-order valence-electron chi connectivity index (χ3n) is 4.90. The average Bonchev–Trinajstić information content (AvgIpc) is 3.16. The largest absolute Gasteiger partial charge is 0.379 e. The van der Waals surface area contributed by atoms with Crippen molar-refractivity contribution in [3.05, 3.63) is 42.2 Å². The fourth-order valence-electron chi connectivity index (χ4n) is 3.15. The van der Waals surface area contributed by atoms with Crippen molar-refractivity contribution < 1.29 is 9.53 Å². The maximum absolute atomic E-state index is 12.5. The Morgan fingerprint density at radius 2 is 2.12 bits per heavy atom. The predicted octanol–water partition coefficient (Wildman–Crippen LogP) is 2.39. The average molecular weight is 343 g/mol. The molecule has 7 heteroatoms. The highest BCUT2D eigenvalue weighted by atomic mass is 16.5. The van der Waals surface area contributed by atoms with E-state index >= 15 is 0 Å². The lowest BCUT2D eigenvalue weighted by Gasteiger charge is -2.36. The van der Waals surface area contributed by atoms with Crippen molar-refractivity contribution in [2.24, 2.45) is 5.92 Å². The second-order valence-corrected chi connectivity index (χ2v) is 6.60. The zero-order chi connectivity index (χ0) is 17.8. The Hall–Kier alpha value is -2.41. The maximum Gasteiger partial charge on any atom is 0.317 e. The number of methoxy groups -OCH3 is 1. The van der Waals surface area contributed by atoms with E-state index in [0.717, 1.165) is 24.2 Å². The molecule has 1 aliphatic rings. The minimum absolute atomic E-state index is 0.0400. The van der Waals surface area contributed by atoms with Crippen LogP contribution in [0.1, 0.15) is 31.9 Å². The number of aromatic nitrogens is 3. The topological polar surface area (TPSA) is 72.3 Å². The third-order valence-corrected chi connectivity index (χ3v) is 4.90. The number of hydrogen-bond acceptors (Lipinski definition) is 4. The lowest BCUT2D eigenvalue weighted by molar-refractivity contribution is 0.00689. The summed E-state index contributed by atoms with van der Waals surface area (Å²) in [6.45, 7) is 5.57. The standard InChI is InChI=1S/C18H25N5O2/c1-13-8-10-22(12-17(13)25-3)18(24)20-14(2)15-4-6-16(7-5-15)23-11-9-19-21-23/h4-7,9,11,13-14,17H,8,10,12H2,1-3H3,(H,20,24). The van der Waals surface area contributed by atoms with Crippen LogP contribution < -0.4 is 5.32 Å². The van der Waals surface area contributed by atoms with Crippen LogP contribution in [0.2, 0.25) is 0 Å². The molecule has 1 aromatic heterocycles. The first-order chi connectivity index (χ1) is 12.1. The smallest absolute Gasteiger partial charge is 0.317 e. The first-order valence-corrected chi connectivity index (χ1v) is 8.63. The van der Waals surface area contributed by atoms with Crippen molar-refractivity contribution in [2.75, 3.05) is 20.2 Å². The molecular weight excluding hydrogens is 318 g/mol. The van der Waals surface area contributed by atoms with Gasteiger partial charge in [0.05, 0.1) is 30.2 Å². The summed E-state index contributed by atoms with van der Waals surface area (Å²) in [6, 6.07) is 7.82. The van der Waals surface area contributed by atoms with Gasteiger partial charge in [-0.05, 0) is 37.0 Å². The van der Waals surface area contributed by atoms with Gasteiger partial charge in [-0.3, -0.25) is 0 Å². The van der Waals surface area contributed by atoms with E-state index in [9.17, 15) is 4.79 Å². The number of ether oxygens (including phenoxy) is 1. The first-order valence-electron chi connectivity index (χ1n) is 8.63. The van der Waals surface area contributed by atoms with Crippen LogP contribution in [-0.2, 0) is 4.74 Å². The van der Waals surface area contributed by atoms with Gasteiger partial charge >= 0.3 is 6.03 Å². The number of carbonyl (C=O) groups is 1. The number of carbonyl (C=O) groups excluding carboxylic acids is 1. The summed E-state index contributed by atoms with van der Waals surface area (Å²) in [5, 5.41) is 10.9. The van der Waals surface area contributed by atoms with E-state index in [1.54, 1.807) is 24.2 Å². The number of rotatable bonds is 4. The van der Waals surface area contributed by atoms with Crippen LogP contribution in [0, 0.1) is 5.92 Å². The van der Waals surface area contributed by atoms with Gasteiger partial charge in [0.2, 0.25) is 0 Å². The number of nitrogens with zero attached hydrogens (tertiary/aromatic N) is 4. The quantitative estimate of drug-likeness (QED) is 0.925. The molecular formula is C18H25N5O2. The van der Waals surface area contributed by atoms with E-state index in [1.165, 1.54) is 0 Å². The molecule has 0 spiro atoms. The van der Waals surface area contributed by atoms with Crippen LogP contribution in [0.5, 0.6) is 0 Å². The lowest BCUT2D eigenvalue weighted by atomic mass is 9.96. The lowest BCUT2D eigenvalue weighted by Crippen LogP contribution is -2.50. The minimum Gasteiger partial charge on any atom is -0.379 e. The highest BCUT2D eigenvalue weighted by Gasteiger charge is 2.29. The number of benzene rings is 1. The van der Waals surface area contributed by atoms with Crippen molar-refractivity contribution in [1.29, 1.82) is 0 Å². The third kappa shape index (κ3) is 3.99. The Morgan fingerprint density at radius 1 is 1.36 bits per heavy atom. The molecule has 1 fully saturated rings. The summed E-state index contributed by atoms with van der Waals surface area (Å²) < 4.78 is 7.19. The molecule has 0 radical (unpaired) electrons. The number of piperidine rings is 1. The molecule has 0 saturated carbocycles. The van der Waals surface area contributed by atoms with E-state index in [-0.39, 0.29) is 18.2 Å². The van der Waals surface area contributed by atoms with Crippen LogP contribution >= 0.6 is 0 Å². The molecule has 0 bridgehead atoms.